The van der Waals surface area contributed by atoms with Gasteiger partial charge in [-0.1, -0.05) is 0 Å². The number of rotatable bonds is 2. The molecule has 0 aliphatic carbocycles. The van der Waals surface area contributed by atoms with Gasteiger partial charge in [-0.25, -0.2) is 14.8 Å². The van der Waals surface area contributed by atoms with Gasteiger partial charge in [-0.3, -0.25) is 0 Å². The van der Waals surface area contributed by atoms with E-state index in [9.17, 15) is 4.79 Å². The summed E-state index contributed by atoms with van der Waals surface area (Å²) in [7, 11) is 0. The normalized spacial score (nSPS) is 19.0. The molecule has 1 aliphatic rings. The molecule has 1 saturated heterocycles. The Balaban J connectivity index is 1.86. The molecule has 0 unspecified atom stereocenters. The molecular formula is C14H22N4O2. The van der Waals surface area contributed by atoms with Crippen molar-refractivity contribution in [1.29, 1.82) is 0 Å². The largest absolute Gasteiger partial charge is 0.444 e. The van der Waals surface area contributed by atoms with Gasteiger partial charge in [0, 0.05) is 31.5 Å². The summed E-state index contributed by atoms with van der Waals surface area (Å²) < 4.78 is 5.36. The molecule has 1 atom stereocenters. The van der Waals surface area contributed by atoms with Crippen molar-refractivity contribution in [2.75, 3.05) is 18.4 Å². The van der Waals surface area contributed by atoms with Crippen molar-refractivity contribution < 1.29 is 9.53 Å². The number of amides is 1. The second-order valence-corrected chi connectivity index (χ2v) is 6.14. The first-order valence-electron chi connectivity index (χ1n) is 6.86. The predicted molar refractivity (Wildman–Crippen MR) is 76.6 cm³/mol. The van der Waals surface area contributed by atoms with Crippen LogP contribution >= 0.6 is 0 Å². The van der Waals surface area contributed by atoms with Crippen LogP contribution in [0.1, 0.15) is 32.8 Å². The van der Waals surface area contributed by atoms with Crippen molar-refractivity contribution in [1.82, 2.24) is 14.9 Å². The highest BCUT2D eigenvalue weighted by Crippen LogP contribution is 2.17. The standard InChI is InChI=1S/C14H22N4O2/c1-10-7-15-12(16-8-10)17-11-5-6-18(9-11)13(19)20-14(2,3)4/h7-8,11H,5-6,9H2,1-4H3,(H,15,16,17)/t11-/m1/s1. The van der Waals surface area contributed by atoms with Crippen molar-refractivity contribution in [3.05, 3.63) is 18.0 Å². The molecule has 2 rings (SSSR count). The van der Waals surface area contributed by atoms with Crippen molar-refractivity contribution in [2.24, 2.45) is 0 Å². The zero-order valence-electron chi connectivity index (χ0n) is 12.5. The summed E-state index contributed by atoms with van der Waals surface area (Å²) >= 11 is 0. The molecule has 1 aliphatic heterocycles. The lowest BCUT2D eigenvalue weighted by atomic mass is 10.2. The van der Waals surface area contributed by atoms with Crippen LogP contribution in [0.25, 0.3) is 0 Å². The van der Waals surface area contributed by atoms with Crippen molar-refractivity contribution in [2.45, 2.75) is 45.8 Å². The van der Waals surface area contributed by atoms with Crippen molar-refractivity contribution in [3.8, 4) is 0 Å². The number of likely N-dealkylation sites (tertiary alicyclic amines) is 1. The number of nitrogens with one attached hydrogen (secondary N) is 1. The third kappa shape index (κ3) is 4.08. The number of carbonyl (C=O) groups excluding carboxylic acids is 1. The molecule has 0 bridgehead atoms. The highest BCUT2D eigenvalue weighted by atomic mass is 16.6. The fraction of sp³-hybridized carbons (Fsp3) is 0.643. The minimum absolute atomic E-state index is 0.172. The van der Waals surface area contributed by atoms with Crippen LogP contribution in [0, 0.1) is 6.92 Å². The maximum atomic E-state index is 11.9. The summed E-state index contributed by atoms with van der Waals surface area (Å²) in [5.41, 5.74) is 0.570. The van der Waals surface area contributed by atoms with Gasteiger partial charge in [0.2, 0.25) is 5.95 Å². The molecule has 6 heteroatoms. The molecule has 1 fully saturated rings. The van der Waals surface area contributed by atoms with Crippen LogP contribution in [0.2, 0.25) is 0 Å². The van der Waals surface area contributed by atoms with Crippen LogP contribution in [0.5, 0.6) is 0 Å². The van der Waals surface area contributed by atoms with Gasteiger partial charge in [0.1, 0.15) is 5.60 Å². The number of carbonyl (C=O) groups is 1. The Morgan fingerprint density at radius 1 is 1.40 bits per heavy atom. The van der Waals surface area contributed by atoms with E-state index >= 15 is 0 Å². The molecule has 0 radical (unpaired) electrons. The average molecular weight is 278 g/mol. The first-order valence-corrected chi connectivity index (χ1v) is 6.86. The summed E-state index contributed by atoms with van der Waals surface area (Å²) in [4.78, 5) is 22.1. The lowest BCUT2D eigenvalue weighted by molar-refractivity contribution is 0.0293. The molecule has 1 N–H and O–H groups in total. The van der Waals surface area contributed by atoms with E-state index in [-0.39, 0.29) is 12.1 Å². The van der Waals surface area contributed by atoms with E-state index < -0.39 is 5.60 Å². The molecule has 1 amide bonds. The predicted octanol–water partition coefficient (Wildman–Crippen LogP) is 2.21. The molecule has 20 heavy (non-hydrogen) atoms. The molecule has 0 spiro atoms. The fourth-order valence-corrected chi connectivity index (χ4v) is 2.02. The number of hydrogen-bond donors (Lipinski definition) is 1. The SMILES string of the molecule is Cc1cnc(N[C@@H]2CCN(C(=O)OC(C)(C)C)C2)nc1. The smallest absolute Gasteiger partial charge is 0.410 e. The first kappa shape index (κ1) is 14.6. The van der Waals surface area contributed by atoms with Gasteiger partial charge in [-0.05, 0) is 39.7 Å². The van der Waals surface area contributed by atoms with Gasteiger partial charge in [0.05, 0.1) is 0 Å². The number of aromatic nitrogens is 2. The van der Waals surface area contributed by atoms with Crippen LogP contribution in [-0.2, 0) is 4.74 Å². The third-order valence-corrected chi connectivity index (χ3v) is 2.95. The lowest BCUT2D eigenvalue weighted by Crippen LogP contribution is -2.36. The molecule has 110 valence electrons. The number of ether oxygens (including phenoxy) is 1. The van der Waals surface area contributed by atoms with E-state index in [0.29, 0.717) is 19.0 Å². The van der Waals surface area contributed by atoms with E-state index in [1.807, 2.05) is 27.7 Å². The molecule has 0 aromatic carbocycles. The van der Waals surface area contributed by atoms with Gasteiger partial charge >= 0.3 is 6.09 Å². The fourth-order valence-electron chi connectivity index (χ4n) is 2.02. The highest BCUT2D eigenvalue weighted by molar-refractivity contribution is 5.68. The maximum absolute atomic E-state index is 11.9. The minimum Gasteiger partial charge on any atom is -0.444 e. The van der Waals surface area contributed by atoms with Gasteiger partial charge < -0.3 is 15.0 Å². The maximum Gasteiger partial charge on any atom is 0.410 e. The summed E-state index contributed by atoms with van der Waals surface area (Å²) in [5, 5.41) is 3.24. The van der Waals surface area contributed by atoms with Gasteiger partial charge in [0.25, 0.3) is 0 Å². The molecular weight excluding hydrogens is 256 g/mol. The number of nitrogens with zero attached hydrogens (tertiary/aromatic N) is 3. The summed E-state index contributed by atoms with van der Waals surface area (Å²) in [6, 6.07) is 0.172. The van der Waals surface area contributed by atoms with Crippen LogP contribution in [-0.4, -0.2) is 45.7 Å². The zero-order valence-corrected chi connectivity index (χ0v) is 12.5. The Bertz CT molecular complexity index is 467. The Morgan fingerprint density at radius 2 is 2.05 bits per heavy atom. The molecule has 2 heterocycles. The van der Waals surface area contributed by atoms with Crippen LogP contribution in [0.4, 0.5) is 10.7 Å². The second-order valence-electron chi connectivity index (χ2n) is 6.14. The molecule has 0 saturated carbocycles. The Kier molecular flexibility index (Phi) is 4.11. The van der Waals surface area contributed by atoms with Crippen LogP contribution in [0.3, 0.4) is 0 Å². The van der Waals surface area contributed by atoms with Crippen LogP contribution in [0.15, 0.2) is 12.4 Å². The lowest BCUT2D eigenvalue weighted by Gasteiger charge is -2.24. The highest BCUT2D eigenvalue weighted by Gasteiger charge is 2.29. The molecule has 1 aromatic rings. The van der Waals surface area contributed by atoms with Gasteiger partial charge in [-0.15, -0.1) is 0 Å². The zero-order chi connectivity index (χ0) is 14.8. The average Bonchev–Trinajstić information content (AvgIpc) is 2.79. The quantitative estimate of drug-likeness (QED) is 0.898. The van der Waals surface area contributed by atoms with Crippen LogP contribution < -0.4 is 5.32 Å². The van der Waals surface area contributed by atoms with Crippen molar-refractivity contribution >= 4 is 12.0 Å². The molecule has 6 nitrogen and oxygen atoms in total. The second kappa shape index (κ2) is 5.64. The van der Waals surface area contributed by atoms with Gasteiger partial charge in [0.15, 0.2) is 0 Å². The number of hydrogen-bond acceptors (Lipinski definition) is 5. The van der Waals surface area contributed by atoms with E-state index in [1.54, 1.807) is 17.3 Å². The summed E-state index contributed by atoms with van der Waals surface area (Å²) in [6.07, 6.45) is 4.16. The van der Waals surface area contributed by atoms with E-state index in [1.165, 1.54) is 0 Å². The van der Waals surface area contributed by atoms with Gasteiger partial charge in [-0.2, -0.15) is 0 Å². The Hall–Kier alpha value is -1.85. The van der Waals surface area contributed by atoms with E-state index in [2.05, 4.69) is 15.3 Å². The minimum atomic E-state index is -0.456. The third-order valence-electron chi connectivity index (χ3n) is 2.95. The first-order chi connectivity index (χ1) is 9.33. The molecule has 1 aromatic heterocycles. The van der Waals surface area contributed by atoms with E-state index in [4.69, 9.17) is 4.74 Å². The summed E-state index contributed by atoms with van der Waals surface area (Å²) in [5.74, 6) is 0.603. The number of anilines is 1. The van der Waals surface area contributed by atoms with E-state index in [0.717, 1.165) is 12.0 Å². The van der Waals surface area contributed by atoms with Crippen molar-refractivity contribution in [3.63, 3.8) is 0 Å². The Morgan fingerprint density at radius 3 is 2.65 bits per heavy atom. The number of aryl methyl sites for hydroxylation is 1. The summed E-state index contributed by atoms with van der Waals surface area (Å²) in [6.45, 7) is 8.87. The monoisotopic (exact) mass is 278 g/mol. The topological polar surface area (TPSA) is 67.4 Å². The Labute approximate surface area is 119 Å².